The molecule has 1 saturated heterocycles. The van der Waals surface area contributed by atoms with Crippen LogP contribution in [-0.4, -0.2) is 39.0 Å². The van der Waals surface area contributed by atoms with E-state index in [2.05, 4.69) is 20.8 Å². The van der Waals surface area contributed by atoms with Crippen molar-refractivity contribution in [1.29, 1.82) is 0 Å². The molecule has 1 aliphatic heterocycles. The normalized spacial score (nSPS) is 18.6. The first kappa shape index (κ1) is 19.8. The number of carboxylic acid groups (broad SMARTS) is 1. The Bertz CT molecular complexity index is 952. The molecular weight excluding hydrogens is 400 g/mol. The van der Waals surface area contributed by atoms with Crippen LogP contribution < -0.4 is 10.6 Å². The van der Waals surface area contributed by atoms with Crippen molar-refractivity contribution < 1.29 is 19.5 Å². The molecule has 0 spiro atoms. The average molecular weight is 416 g/mol. The highest BCUT2D eigenvalue weighted by atomic mass is 32.2. The first-order chi connectivity index (χ1) is 13.4. The molecule has 0 unspecified atom stereocenters. The lowest BCUT2D eigenvalue weighted by molar-refractivity contribution is -0.123. The second-order valence-electron chi connectivity index (χ2n) is 5.80. The van der Waals surface area contributed by atoms with Gasteiger partial charge in [-0.25, -0.2) is 4.79 Å². The number of nitrogens with one attached hydrogen (secondary N) is 2. The molecule has 3 N–H and O–H groups in total. The quantitative estimate of drug-likeness (QED) is 0.511. The Labute approximate surface area is 168 Å². The van der Waals surface area contributed by atoms with Crippen LogP contribution in [0.5, 0.6) is 0 Å². The van der Waals surface area contributed by atoms with E-state index < -0.39 is 11.2 Å². The maximum absolute atomic E-state index is 12.5. The first-order valence-corrected chi connectivity index (χ1v) is 9.95. The molecule has 1 fully saturated rings. The zero-order valence-corrected chi connectivity index (χ0v) is 16.3. The van der Waals surface area contributed by atoms with Crippen LogP contribution >= 0.6 is 23.1 Å². The fourth-order valence-corrected chi connectivity index (χ4v) is 3.92. The molecule has 1 aromatic carbocycles. The molecule has 10 heteroatoms. The molecule has 0 saturated carbocycles. The Hall–Kier alpha value is -2.98. The molecule has 1 atom stereocenters. The second-order valence-corrected chi connectivity index (χ2v) is 7.94. The van der Waals surface area contributed by atoms with Gasteiger partial charge >= 0.3 is 5.97 Å². The molecule has 2 aromatic rings. The van der Waals surface area contributed by atoms with Crippen LogP contribution in [0.4, 0.5) is 5.69 Å². The summed E-state index contributed by atoms with van der Waals surface area (Å²) in [6.45, 7) is 1.82. The zero-order chi connectivity index (χ0) is 20.1. The summed E-state index contributed by atoms with van der Waals surface area (Å²) < 4.78 is 0. The SMILES string of the molecule is C/C(=N/N=C1/NC(=O)C[C@@H](C(=O)Nc2ccc(C(=O)O)cc2)S1)c1cccs1. The van der Waals surface area contributed by atoms with E-state index in [0.717, 1.165) is 16.6 Å². The van der Waals surface area contributed by atoms with Gasteiger partial charge in [-0.3, -0.25) is 9.59 Å². The Morgan fingerprint density at radius 3 is 2.64 bits per heavy atom. The van der Waals surface area contributed by atoms with Crippen molar-refractivity contribution in [2.24, 2.45) is 10.2 Å². The molecule has 2 heterocycles. The number of nitrogens with zero attached hydrogens (tertiary/aromatic N) is 2. The highest BCUT2D eigenvalue weighted by molar-refractivity contribution is 8.15. The summed E-state index contributed by atoms with van der Waals surface area (Å²) in [5.41, 5.74) is 1.28. The predicted molar refractivity (Wildman–Crippen MR) is 110 cm³/mol. The lowest BCUT2D eigenvalue weighted by atomic mass is 10.2. The highest BCUT2D eigenvalue weighted by Crippen LogP contribution is 2.23. The zero-order valence-electron chi connectivity index (χ0n) is 14.7. The van der Waals surface area contributed by atoms with Crippen molar-refractivity contribution in [3.63, 3.8) is 0 Å². The van der Waals surface area contributed by atoms with Gasteiger partial charge in [0.05, 0.1) is 16.2 Å². The maximum Gasteiger partial charge on any atom is 0.335 e. The Balaban J connectivity index is 1.67. The Morgan fingerprint density at radius 1 is 1.25 bits per heavy atom. The molecule has 144 valence electrons. The first-order valence-electron chi connectivity index (χ1n) is 8.19. The summed E-state index contributed by atoms with van der Waals surface area (Å²) in [6, 6.07) is 9.62. The number of carbonyl (C=O) groups excluding carboxylic acids is 2. The van der Waals surface area contributed by atoms with Crippen LogP contribution in [0.2, 0.25) is 0 Å². The minimum atomic E-state index is -1.04. The van der Waals surface area contributed by atoms with Gasteiger partial charge in [-0.05, 0) is 42.6 Å². The number of amidine groups is 1. The third-order valence-corrected chi connectivity index (χ3v) is 5.78. The molecule has 28 heavy (non-hydrogen) atoms. The van der Waals surface area contributed by atoms with Gasteiger partial charge in [-0.1, -0.05) is 17.8 Å². The smallest absolute Gasteiger partial charge is 0.335 e. The van der Waals surface area contributed by atoms with Crippen LogP contribution in [0.15, 0.2) is 52.0 Å². The van der Waals surface area contributed by atoms with Gasteiger partial charge in [-0.15, -0.1) is 16.4 Å². The molecule has 0 aliphatic carbocycles. The van der Waals surface area contributed by atoms with Crippen LogP contribution in [0.25, 0.3) is 0 Å². The summed E-state index contributed by atoms with van der Waals surface area (Å²) in [6.07, 6.45) is 0.0103. The monoisotopic (exact) mass is 416 g/mol. The minimum Gasteiger partial charge on any atom is -0.478 e. The van der Waals surface area contributed by atoms with E-state index in [4.69, 9.17) is 5.11 Å². The number of anilines is 1. The van der Waals surface area contributed by atoms with E-state index in [-0.39, 0.29) is 29.0 Å². The maximum atomic E-state index is 12.5. The molecule has 2 amide bonds. The van der Waals surface area contributed by atoms with Gasteiger partial charge in [-0.2, -0.15) is 5.10 Å². The minimum absolute atomic E-state index is 0.0103. The van der Waals surface area contributed by atoms with E-state index >= 15 is 0 Å². The van der Waals surface area contributed by atoms with Gasteiger partial charge in [0.25, 0.3) is 0 Å². The number of benzene rings is 1. The number of thiophene rings is 1. The van der Waals surface area contributed by atoms with Crippen molar-refractivity contribution in [1.82, 2.24) is 5.32 Å². The lowest BCUT2D eigenvalue weighted by Gasteiger charge is -2.21. The molecule has 1 aromatic heterocycles. The van der Waals surface area contributed by atoms with Crippen LogP contribution in [0, 0.1) is 0 Å². The number of carboxylic acids is 1. The fourth-order valence-electron chi connectivity index (χ4n) is 2.31. The Morgan fingerprint density at radius 2 is 2.00 bits per heavy atom. The summed E-state index contributed by atoms with van der Waals surface area (Å²) >= 11 is 2.65. The largest absolute Gasteiger partial charge is 0.478 e. The summed E-state index contributed by atoms with van der Waals surface area (Å²) in [7, 11) is 0. The summed E-state index contributed by atoms with van der Waals surface area (Å²) in [5.74, 6) is -1.73. The van der Waals surface area contributed by atoms with Crippen molar-refractivity contribution in [2.45, 2.75) is 18.6 Å². The third kappa shape index (κ3) is 5.05. The molecule has 1 aliphatic rings. The van der Waals surface area contributed by atoms with E-state index in [1.807, 2.05) is 24.4 Å². The van der Waals surface area contributed by atoms with Gasteiger partial charge in [0.15, 0.2) is 5.17 Å². The predicted octanol–water partition coefficient (Wildman–Crippen LogP) is 2.79. The van der Waals surface area contributed by atoms with Crippen molar-refractivity contribution in [3.05, 3.63) is 52.2 Å². The van der Waals surface area contributed by atoms with E-state index in [1.165, 1.54) is 35.6 Å². The topological polar surface area (TPSA) is 120 Å². The van der Waals surface area contributed by atoms with Crippen LogP contribution in [0.1, 0.15) is 28.6 Å². The van der Waals surface area contributed by atoms with Crippen molar-refractivity contribution in [3.8, 4) is 0 Å². The van der Waals surface area contributed by atoms with E-state index in [9.17, 15) is 14.4 Å². The number of rotatable bonds is 5. The standard InChI is InChI=1S/C18H16N4O4S2/c1-10(13-3-2-8-27-13)21-22-18-20-15(23)9-14(28-18)16(24)19-12-6-4-11(5-7-12)17(25)26/h2-8,14H,9H2,1H3,(H,19,24)(H,25,26)(H,20,22,23)/b21-10-/t14-/m0/s1. The third-order valence-electron chi connectivity index (χ3n) is 3.73. The fraction of sp³-hybridized carbons (Fsp3) is 0.167. The average Bonchev–Trinajstić information content (AvgIpc) is 3.21. The molecule has 8 nitrogen and oxygen atoms in total. The summed E-state index contributed by atoms with van der Waals surface area (Å²) in [5, 5.41) is 23.9. The molecular formula is C18H16N4O4S2. The van der Waals surface area contributed by atoms with Crippen LogP contribution in [0.3, 0.4) is 0 Å². The molecule has 0 radical (unpaired) electrons. The number of amides is 2. The lowest BCUT2D eigenvalue weighted by Crippen LogP contribution is -2.41. The number of hydrogen-bond donors (Lipinski definition) is 3. The second kappa shape index (κ2) is 8.81. The van der Waals surface area contributed by atoms with Gasteiger partial charge in [0, 0.05) is 12.1 Å². The summed E-state index contributed by atoms with van der Waals surface area (Å²) in [4.78, 5) is 36.3. The van der Waals surface area contributed by atoms with Gasteiger partial charge < -0.3 is 15.7 Å². The van der Waals surface area contributed by atoms with E-state index in [0.29, 0.717) is 11.4 Å². The van der Waals surface area contributed by atoms with E-state index in [1.54, 1.807) is 0 Å². The number of carbonyl (C=O) groups is 3. The van der Waals surface area contributed by atoms with Crippen LogP contribution in [-0.2, 0) is 9.59 Å². The number of aromatic carboxylic acids is 1. The van der Waals surface area contributed by atoms with Gasteiger partial charge in [0.1, 0.15) is 5.25 Å². The van der Waals surface area contributed by atoms with Crippen molar-refractivity contribution >= 4 is 57.4 Å². The van der Waals surface area contributed by atoms with Gasteiger partial charge in [0.2, 0.25) is 11.8 Å². The van der Waals surface area contributed by atoms with Crippen molar-refractivity contribution in [2.75, 3.05) is 5.32 Å². The highest BCUT2D eigenvalue weighted by Gasteiger charge is 2.30. The molecule has 0 bridgehead atoms. The number of hydrogen-bond acceptors (Lipinski definition) is 7. The number of thioether (sulfide) groups is 1. The molecule has 3 rings (SSSR count). The Kier molecular flexibility index (Phi) is 6.22.